The first-order valence-corrected chi connectivity index (χ1v) is 6.76. The summed E-state index contributed by atoms with van der Waals surface area (Å²) in [6, 6.07) is 0. The fourth-order valence-corrected chi connectivity index (χ4v) is 2.64. The molecule has 0 aliphatic rings. The number of rotatable bonds is 8. The van der Waals surface area contributed by atoms with Gasteiger partial charge in [-0.25, -0.2) is 0 Å². The molecule has 2 heteroatoms. The van der Waals surface area contributed by atoms with Gasteiger partial charge >= 0.3 is 0 Å². The molecule has 0 spiro atoms. The number of hydrogen-bond donors (Lipinski definition) is 1. The summed E-state index contributed by atoms with van der Waals surface area (Å²) in [5.41, 5.74) is -0.0308. The van der Waals surface area contributed by atoms with Crippen LogP contribution in [0.3, 0.4) is 0 Å². The number of nitrogens with zero attached hydrogens (tertiary/aromatic N) is 1. The molecule has 0 heterocycles. The number of aliphatic hydroxyl groups is 1. The van der Waals surface area contributed by atoms with E-state index >= 15 is 0 Å². The molecule has 0 amide bonds. The Balaban J connectivity index is 4.33. The van der Waals surface area contributed by atoms with Crippen LogP contribution in [-0.4, -0.2) is 35.7 Å². The van der Waals surface area contributed by atoms with E-state index in [0.717, 1.165) is 31.6 Å². The van der Waals surface area contributed by atoms with Crippen LogP contribution in [0.15, 0.2) is 0 Å². The van der Waals surface area contributed by atoms with Crippen molar-refractivity contribution < 1.29 is 5.11 Å². The number of likely N-dealkylation sites (N-methyl/N-ethyl adjacent to an activating group) is 1. The molecule has 16 heavy (non-hydrogen) atoms. The quantitative estimate of drug-likeness (QED) is 0.690. The van der Waals surface area contributed by atoms with E-state index in [9.17, 15) is 5.11 Å². The van der Waals surface area contributed by atoms with Gasteiger partial charge in [0.05, 0.1) is 6.10 Å². The second-order valence-corrected chi connectivity index (χ2v) is 5.55. The van der Waals surface area contributed by atoms with Gasteiger partial charge in [-0.2, -0.15) is 0 Å². The lowest BCUT2D eigenvalue weighted by Gasteiger charge is -2.42. The van der Waals surface area contributed by atoms with Crippen LogP contribution < -0.4 is 0 Å². The van der Waals surface area contributed by atoms with Gasteiger partial charge in [-0.15, -0.1) is 0 Å². The lowest BCUT2D eigenvalue weighted by Crippen LogP contribution is -2.52. The fourth-order valence-electron chi connectivity index (χ4n) is 2.64. The monoisotopic (exact) mass is 229 g/mol. The van der Waals surface area contributed by atoms with Gasteiger partial charge < -0.3 is 10.0 Å². The predicted octanol–water partition coefficient (Wildman–Crippen LogP) is 3.29. The summed E-state index contributed by atoms with van der Waals surface area (Å²) in [6.45, 7) is 8.83. The molecule has 0 aromatic heterocycles. The van der Waals surface area contributed by atoms with Gasteiger partial charge in [0.15, 0.2) is 0 Å². The molecule has 0 saturated carbocycles. The molecule has 0 saturated heterocycles. The molecule has 1 unspecified atom stereocenters. The fraction of sp³-hybridized carbons (Fsp3) is 1.00. The van der Waals surface area contributed by atoms with Crippen molar-refractivity contribution in [1.82, 2.24) is 4.90 Å². The van der Waals surface area contributed by atoms with Gasteiger partial charge in [0.2, 0.25) is 0 Å². The maximum absolute atomic E-state index is 10.4. The van der Waals surface area contributed by atoms with E-state index in [0.29, 0.717) is 0 Å². The van der Waals surface area contributed by atoms with Crippen LogP contribution in [0, 0.1) is 5.92 Å². The molecule has 0 aliphatic heterocycles. The third-order valence-corrected chi connectivity index (χ3v) is 3.99. The zero-order valence-corrected chi connectivity index (χ0v) is 12.1. The Hall–Kier alpha value is -0.0800. The van der Waals surface area contributed by atoms with E-state index in [4.69, 9.17) is 0 Å². The number of aliphatic hydroxyl groups excluding tert-OH is 1. The molecule has 1 atom stereocenters. The maximum Gasteiger partial charge on any atom is 0.0723 e. The Bertz CT molecular complexity index is 174. The largest absolute Gasteiger partial charge is 0.391 e. The zero-order valence-electron chi connectivity index (χ0n) is 12.1. The van der Waals surface area contributed by atoms with E-state index in [-0.39, 0.29) is 11.6 Å². The molecule has 0 bridgehead atoms. The van der Waals surface area contributed by atoms with E-state index in [1.807, 2.05) is 0 Å². The van der Waals surface area contributed by atoms with Gasteiger partial charge in [-0.1, -0.05) is 40.5 Å². The highest BCUT2D eigenvalue weighted by Gasteiger charge is 2.36. The van der Waals surface area contributed by atoms with E-state index < -0.39 is 0 Å². The highest BCUT2D eigenvalue weighted by atomic mass is 16.3. The lowest BCUT2D eigenvalue weighted by molar-refractivity contribution is -0.0191. The molecular weight excluding hydrogens is 198 g/mol. The minimum atomic E-state index is -0.198. The van der Waals surface area contributed by atoms with Crippen LogP contribution in [0.2, 0.25) is 0 Å². The minimum absolute atomic E-state index is 0.0308. The van der Waals surface area contributed by atoms with E-state index in [1.165, 1.54) is 6.42 Å². The normalized spacial score (nSPS) is 14.8. The second-order valence-electron chi connectivity index (χ2n) is 5.55. The van der Waals surface area contributed by atoms with Crippen LogP contribution in [0.5, 0.6) is 0 Å². The van der Waals surface area contributed by atoms with Crippen molar-refractivity contribution >= 4 is 0 Å². The van der Waals surface area contributed by atoms with Crippen molar-refractivity contribution in [2.24, 2.45) is 5.92 Å². The molecule has 0 radical (unpaired) electrons. The summed E-state index contributed by atoms with van der Waals surface area (Å²) < 4.78 is 0. The third-order valence-electron chi connectivity index (χ3n) is 3.99. The van der Waals surface area contributed by atoms with Crippen LogP contribution in [-0.2, 0) is 0 Å². The highest BCUT2D eigenvalue weighted by Crippen LogP contribution is 2.28. The molecule has 0 aliphatic carbocycles. The second kappa shape index (κ2) is 7.29. The minimum Gasteiger partial charge on any atom is -0.391 e. The first-order valence-electron chi connectivity index (χ1n) is 6.76. The van der Waals surface area contributed by atoms with Crippen LogP contribution in [0.4, 0.5) is 0 Å². The Kier molecular flexibility index (Phi) is 7.25. The first-order chi connectivity index (χ1) is 7.40. The van der Waals surface area contributed by atoms with Gasteiger partial charge in [0.25, 0.3) is 0 Å². The molecule has 1 N–H and O–H groups in total. The Labute approximate surface area is 102 Å². The standard InChI is InChI=1S/C14H31NO/c1-7-14(8-2,15(5)6)13(16)11-9-10-12(3)4/h12-13,16H,7-11H2,1-6H3. The number of hydrogen-bond acceptors (Lipinski definition) is 2. The van der Waals surface area contributed by atoms with E-state index in [2.05, 4.69) is 46.7 Å². The molecular formula is C14H31NO. The zero-order chi connectivity index (χ0) is 12.8. The molecule has 0 rings (SSSR count). The summed E-state index contributed by atoms with van der Waals surface area (Å²) in [5.74, 6) is 0.740. The van der Waals surface area contributed by atoms with Crippen LogP contribution >= 0.6 is 0 Å². The summed E-state index contributed by atoms with van der Waals surface area (Å²) in [4.78, 5) is 2.20. The summed E-state index contributed by atoms with van der Waals surface area (Å²) in [5, 5.41) is 10.4. The van der Waals surface area contributed by atoms with Crippen LogP contribution in [0.25, 0.3) is 0 Å². The topological polar surface area (TPSA) is 23.5 Å². The molecule has 2 nitrogen and oxygen atoms in total. The van der Waals surface area contributed by atoms with Gasteiger partial charge in [0.1, 0.15) is 0 Å². The summed E-state index contributed by atoms with van der Waals surface area (Å²) in [7, 11) is 4.16. The van der Waals surface area contributed by atoms with Crippen molar-refractivity contribution in [2.75, 3.05) is 14.1 Å². The Morgan fingerprint density at radius 1 is 1.06 bits per heavy atom. The van der Waals surface area contributed by atoms with Crippen molar-refractivity contribution in [3.63, 3.8) is 0 Å². The van der Waals surface area contributed by atoms with Crippen molar-refractivity contribution in [1.29, 1.82) is 0 Å². The highest BCUT2D eigenvalue weighted by molar-refractivity contribution is 4.92. The summed E-state index contributed by atoms with van der Waals surface area (Å²) in [6.07, 6.45) is 5.11. The lowest BCUT2D eigenvalue weighted by atomic mass is 9.82. The SMILES string of the molecule is CCC(CC)(C(O)CCCC(C)C)N(C)C. The summed E-state index contributed by atoms with van der Waals surface area (Å²) >= 11 is 0. The maximum atomic E-state index is 10.4. The molecule has 0 fully saturated rings. The Morgan fingerprint density at radius 2 is 1.56 bits per heavy atom. The third kappa shape index (κ3) is 4.06. The van der Waals surface area contributed by atoms with Gasteiger partial charge in [-0.05, 0) is 39.3 Å². The first kappa shape index (κ1) is 15.9. The average molecular weight is 229 g/mol. The smallest absolute Gasteiger partial charge is 0.0723 e. The van der Waals surface area contributed by atoms with Crippen molar-refractivity contribution in [2.45, 2.75) is 71.4 Å². The molecule has 0 aromatic rings. The van der Waals surface area contributed by atoms with Gasteiger partial charge in [0, 0.05) is 5.54 Å². The van der Waals surface area contributed by atoms with Crippen molar-refractivity contribution in [3.8, 4) is 0 Å². The van der Waals surface area contributed by atoms with E-state index in [1.54, 1.807) is 0 Å². The van der Waals surface area contributed by atoms with Gasteiger partial charge in [-0.3, -0.25) is 0 Å². The Morgan fingerprint density at radius 3 is 1.88 bits per heavy atom. The average Bonchev–Trinajstić information content (AvgIpc) is 2.19. The molecule has 98 valence electrons. The predicted molar refractivity (Wildman–Crippen MR) is 71.7 cm³/mol. The molecule has 0 aromatic carbocycles. The van der Waals surface area contributed by atoms with Crippen molar-refractivity contribution in [3.05, 3.63) is 0 Å². The van der Waals surface area contributed by atoms with Crippen LogP contribution in [0.1, 0.15) is 59.8 Å².